The maximum atomic E-state index is 12.0. The molecule has 4 N–H and O–H groups in total. The highest BCUT2D eigenvalue weighted by Crippen LogP contribution is 2.20. The molecule has 1 aromatic rings. The molecule has 1 amide bonds. The van der Waals surface area contributed by atoms with Gasteiger partial charge in [-0.05, 0) is 38.0 Å². The molecule has 0 spiro atoms. The number of hydrogen-bond acceptors (Lipinski definition) is 3. The fourth-order valence-corrected chi connectivity index (χ4v) is 1.58. The number of nitrogens with one attached hydrogen (secondary N) is 2. The summed E-state index contributed by atoms with van der Waals surface area (Å²) in [5, 5.41) is 6.20. The Morgan fingerprint density at radius 3 is 2.72 bits per heavy atom. The molecule has 0 aliphatic rings. The predicted octanol–water partition coefficient (Wildman–Crippen LogP) is 2.62. The summed E-state index contributed by atoms with van der Waals surface area (Å²) in [6, 6.07) is 5.71. The lowest BCUT2D eigenvalue weighted by molar-refractivity contribution is 0.0954. The Hall–Kier alpha value is -1.71. The molecule has 0 saturated heterocycles. The van der Waals surface area contributed by atoms with Crippen LogP contribution in [-0.4, -0.2) is 18.5 Å². The van der Waals surface area contributed by atoms with Gasteiger partial charge in [0.1, 0.15) is 0 Å². The zero-order chi connectivity index (χ0) is 13.5. The standard InChI is InChI=1S/C14H23N3O/c1-4-8-16-14(18)12-9-11(15)6-7-13(12)17-10(3)5-2/h6-7,9-10,17H,4-5,8,15H2,1-3H3,(H,16,18)/t10-/m0/s1. The van der Waals surface area contributed by atoms with Crippen molar-refractivity contribution in [1.82, 2.24) is 5.32 Å². The first-order chi connectivity index (χ1) is 8.58. The number of nitrogen functional groups attached to an aromatic ring is 1. The maximum absolute atomic E-state index is 12.0. The monoisotopic (exact) mass is 249 g/mol. The van der Waals surface area contributed by atoms with Crippen LogP contribution in [0.15, 0.2) is 18.2 Å². The Balaban J connectivity index is 2.92. The number of amides is 1. The Labute approximate surface area is 109 Å². The second kappa shape index (κ2) is 6.89. The smallest absolute Gasteiger partial charge is 0.253 e. The molecule has 0 aliphatic carbocycles. The molecule has 4 heteroatoms. The highest BCUT2D eigenvalue weighted by atomic mass is 16.1. The Bertz CT molecular complexity index is 404. The van der Waals surface area contributed by atoms with Gasteiger partial charge < -0.3 is 16.4 Å². The van der Waals surface area contributed by atoms with E-state index in [1.54, 1.807) is 12.1 Å². The zero-order valence-corrected chi connectivity index (χ0v) is 11.4. The second-order valence-electron chi connectivity index (χ2n) is 4.51. The van der Waals surface area contributed by atoms with Crippen molar-refractivity contribution in [3.8, 4) is 0 Å². The van der Waals surface area contributed by atoms with Gasteiger partial charge in [0.2, 0.25) is 0 Å². The van der Waals surface area contributed by atoms with E-state index in [0.717, 1.165) is 18.5 Å². The van der Waals surface area contributed by atoms with E-state index in [2.05, 4.69) is 24.5 Å². The fraction of sp³-hybridized carbons (Fsp3) is 0.500. The van der Waals surface area contributed by atoms with Crippen LogP contribution in [0.2, 0.25) is 0 Å². The van der Waals surface area contributed by atoms with Crippen LogP contribution in [0.3, 0.4) is 0 Å². The molecule has 18 heavy (non-hydrogen) atoms. The minimum absolute atomic E-state index is 0.0741. The first-order valence-electron chi connectivity index (χ1n) is 6.52. The first-order valence-corrected chi connectivity index (χ1v) is 6.52. The summed E-state index contributed by atoms with van der Waals surface area (Å²) in [6.45, 7) is 6.89. The van der Waals surface area contributed by atoms with Crippen LogP contribution in [0.5, 0.6) is 0 Å². The lowest BCUT2D eigenvalue weighted by Crippen LogP contribution is -2.26. The third-order valence-electron chi connectivity index (χ3n) is 2.84. The number of hydrogen-bond donors (Lipinski definition) is 3. The van der Waals surface area contributed by atoms with Crippen LogP contribution in [0.1, 0.15) is 44.0 Å². The summed E-state index contributed by atoms with van der Waals surface area (Å²) in [4.78, 5) is 12.0. The molecular weight excluding hydrogens is 226 g/mol. The maximum Gasteiger partial charge on any atom is 0.253 e. The van der Waals surface area contributed by atoms with Gasteiger partial charge in [0.05, 0.1) is 5.56 Å². The summed E-state index contributed by atoms with van der Waals surface area (Å²) < 4.78 is 0. The zero-order valence-electron chi connectivity index (χ0n) is 11.4. The molecule has 0 unspecified atom stereocenters. The molecule has 1 atom stereocenters. The first kappa shape index (κ1) is 14.4. The van der Waals surface area contributed by atoms with Gasteiger partial charge in [-0.25, -0.2) is 0 Å². The number of carbonyl (C=O) groups is 1. The Morgan fingerprint density at radius 2 is 2.11 bits per heavy atom. The van der Waals surface area contributed by atoms with Crippen molar-refractivity contribution < 1.29 is 4.79 Å². The van der Waals surface area contributed by atoms with Gasteiger partial charge in [-0.2, -0.15) is 0 Å². The van der Waals surface area contributed by atoms with Crippen molar-refractivity contribution in [3.63, 3.8) is 0 Å². The summed E-state index contributed by atoms with van der Waals surface area (Å²) >= 11 is 0. The molecule has 0 aromatic heterocycles. The molecule has 4 nitrogen and oxygen atoms in total. The van der Waals surface area contributed by atoms with Gasteiger partial charge >= 0.3 is 0 Å². The van der Waals surface area contributed by atoms with E-state index in [4.69, 9.17) is 5.73 Å². The highest BCUT2D eigenvalue weighted by molar-refractivity contribution is 6.00. The molecule has 0 saturated carbocycles. The molecule has 0 bridgehead atoms. The third-order valence-corrected chi connectivity index (χ3v) is 2.84. The minimum Gasteiger partial charge on any atom is -0.399 e. The van der Waals surface area contributed by atoms with Gasteiger partial charge in [0, 0.05) is 24.0 Å². The van der Waals surface area contributed by atoms with Gasteiger partial charge in [-0.3, -0.25) is 4.79 Å². The summed E-state index contributed by atoms with van der Waals surface area (Å²) in [7, 11) is 0. The molecule has 100 valence electrons. The number of carbonyl (C=O) groups excluding carboxylic acids is 1. The van der Waals surface area contributed by atoms with E-state index < -0.39 is 0 Å². The summed E-state index contributed by atoms with van der Waals surface area (Å²) in [5.74, 6) is -0.0741. The van der Waals surface area contributed by atoms with Crippen LogP contribution in [0.4, 0.5) is 11.4 Å². The van der Waals surface area contributed by atoms with E-state index in [-0.39, 0.29) is 5.91 Å². The Kier molecular flexibility index (Phi) is 5.49. The van der Waals surface area contributed by atoms with Gasteiger partial charge in [0.25, 0.3) is 5.91 Å². The van der Waals surface area contributed by atoms with Gasteiger partial charge in [-0.1, -0.05) is 13.8 Å². The molecule has 0 aliphatic heterocycles. The van der Waals surface area contributed by atoms with Crippen molar-refractivity contribution >= 4 is 17.3 Å². The van der Waals surface area contributed by atoms with Crippen molar-refractivity contribution in [2.45, 2.75) is 39.7 Å². The van der Waals surface area contributed by atoms with E-state index in [0.29, 0.717) is 23.8 Å². The number of rotatable bonds is 6. The number of anilines is 2. The molecular formula is C14H23N3O. The normalized spacial score (nSPS) is 11.9. The lowest BCUT2D eigenvalue weighted by atomic mass is 10.1. The van der Waals surface area contributed by atoms with E-state index in [1.165, 1.54) is 0 Å². The topological polar surface area (TPSA) is 67.2 Å². The SMILES string of the molecule is CCCNC(=O)c1cc(N)ccc1N[C@@H](C)CC. The predicted molar refractivity (Wildman–Crippen MR) is 76.9 cm³/mol. The van der Waals surface area contributed by atoms with Crippen molar-refractivity contribution in [1.29, 1.82) is 0 Å². The molecule has 0 radical (unpaired) electrons. The van der Waals surface area contributed by atoms with E-state index in [1.807, 2.05) is 13.0 Å². The largest absolute Gasteiger partial charge is 0.399 e. The quantitative estimate of drug-likeness (QED) is 0.679. The van der Waals surface area contributed by atoms with Crippen LogP contribution in [0.25, 0.3) is 0 Å². The molecule has 0 heterocycles. The molecule has 1 aromatic carbocycles. The fourth-order valence-electron chi connectivity index (χ4n) is 1.58. The molecule has 1 rings (SSSR count). The lowest BCUT2D eigenvalue weighted by Gasteiger charge is -2.17. The average molecular weight is 249 g/mol. The van der Waals surface area contributed by atoms with Crippen LogP contribution >= 0.6 is 0 Å². The summed E-state index contributed by atoms with van der Waals surface area (Å²) in [5.41, 5.74) is 7.81. The van der Waals surface area contributed by atoms with Crippen LogP contribution in [0, 0.1) is 0 Å². The number of benzene rings is 1. The van der Waals surface area contributed by atoms with Crippen molar-refractivity contribution in [2.24, 2.45) is 0 Å². The van der Waals surface area contributed by atoms with Crippen LogP contribution < -0.4 is 16.4 Å². The van der Waals surface area contributed by atoms with E-state index in [9.17, 15) is 4.79 Å². The van der Waals surface area contributed by atoms with Crippen molar-refractivity contribution in [2.75, 3.05) is 17.6 Å². The average Bonchev–Trinajstić information content (AvgIpc) is 2.37. The second-order valence-corrected chi connectivity index (χ2v) is 4.51. The van der Waals surface area contributed by atoms with Gasteiger partial charge in [-0.15, -0.1) is 0 Å². The highest BCUT2D eigenvalue weighted by Gasteiger charge is 2.12. The minimum atomic E-state index is -0.0741. The molecule has 0 fully saturated rings. The van der Waals surface area contributed by atoms with E-state index >= 15 is 0 Å². The van der Waals surface area contributed by atoms with Crippen LogP contribution in [-0.2, 0) is 0 Å². The van der Waals surface area contributed by atoms with Gasteiger partial charge in [0.15, 0.2) is 0 Å². The summed E-state index contributed by atoms with van der Waals surface area (Å²) in [6.07, 6.45) is 1.92. The van der Waals surface area contributed by atoms with Crippen molar-refractivity contribution in [3.05, 3.63) is 23.8 Å². The Morgan fingerprint density at radius 1 is 1.39 bits per heavy atom. The third kappa shape index (κ3) is 3.95. The number of nitrogens with two attached hydrogens (primary N) is 1.